The maximum Gasteiger partial charge on any atom is 0.318 e. The summed E-state index contributed by atoms with van der Waals surface area (Å²) in [5.41, 5.74) is 5.52. The molecule has 0 aromatic heterocycles. The molecule has 3 aromatic carbocycles. The van der Waals surface area contributed by atoms with Crippen LogP contribution in [0.1, 0.15) is 33.7 Å². The molecule has 0 spiro atoms. The molecule has 0 aliphatic carbocycles. The molecule has 0 bridgehead atoms. The van der Waals surface area contributed by atoms with Crippen molar-refractivity contribution in [2.24, 2.45) is 0 Å². The van der Waals surface area contributed by atoms with E-state index in [0.717, 1.165) is 33.5 Å². The van der Waals surface area contributed by atoms with Crippen LogP contribution in [0.5, 0.6) is 0 Å². The van der Waals surface area contributed by atoms with E-state index in [1.807, 2.05) is 93.6 Å². The SMILES string of the molecule is Cc1cc(C)c(NC(=O)COC(=O)C(c2ccccc2)c2ccccc2)c(C)c1. The molecule has 4 heteroatoms. The highest BCUT2D eigenvalue weighted by molar-refractivity contribution is 5.95. The van der Waals surface area contributed by atoms with E-state index >= 15 is 0 Å². The summed E-state index contributed by atoms with van der Waals surface area (Å²) < 4.78 is 5.40. The molecule has 0 heterocycles. The Morgan fingerprint density at radius 1 is 0.828 bits per heavy atom. The molecular formula is C25H25NO3. The zero-order valence-electron chi connectivity index (χ0n) is 16.9. The zero-order valence-corrected chi connectivity index (χ0v) is 16.9. The van der Waals surface area contributed by atoms with Gasteiger partial charge in [-0.1, -0.05) is 78.4 Å². The van der Waals surface area contributed by atoms with Gasteiger partial charge in [0.15, 0.2) is 6.61 Å². The van der Waals surface area contributed by atoms with E-state index in [2.05, 4.69) is 5.32 Å². The molecule has 0 saturated heterocycles. The van der Waals surface area contributed by atoms with E-state index in [0.29, 0.717) is 0 Å². The van der Waals surface area contributed by atoms with Gasteiger partial charge in [0.25, 0.3) is 5.91 Å². The number of hydrogen-bond acceptors (Lipinski definition) is 3. The normalized spacial score (nSPS) is 10.6. The highest BCUT2D eigenvalue weighted by Crippen LogP contribution is 2.26. The first-order valence-corrected chi connectivity index (χ1v) is 9.60. The highest BCUT2D eigenvalue weighted by Gasteiger charge is 2.25. The van der Waals surface area contributed by atoms with Gasteiger partial charge in [-0.15, -0.1) is 0 Å². The lowest BCUT2D eigenvalue weighted by molar-refractivity contribution is -0.147. The summed E-state index contributed by atoms with van der Waals surface area (Å²) in [5.74, 6) is -1.38. The molecule has 0 radical (unpaired) electrons. The molecule has 0 aliphatic rings. The van der Waals surface area contributed by atoms with Crippen molar-refractivity contribution in [1.82, 2.24) is 0 Å². The molecule has 0 aliphatic heterocycles. The molecule has 0 fully saturated rings. The number of benzene rings is 3. The van der Waals surface area contributed by atoms with Crippen molar-refractivity contribution in [3.8, 4) is 0 Å². The van der Waals surface area contributed by atoms with Gasteiger partial charge < -0.3 is 10.1 Å². The second-order valence-electron chi connectivity index (χ2n) is 7.18. The van der Waals surface area contributed by atoms with Crippen molar-refractivity contribution in [2.45, 2.75) is 26.7 Å². The van der Waals surface area contributed by atoms with Gasteiger partial charge in [-0.25, -0.2) is 0 Å². The van der Waals surface area contributed by atoms with Crippen molar-refractivity contribution in [3.63, 3.8) is 0 Å². The monoisotopic (exact) mass is 387 g/mol. The summed E-state index contributed by atoms with van der Waals surface area (Å²) in [5, 5.41) is 2.86. The van der Waals surface area contributed by atoms with Gasteiger partial charge in [0.1, 0.15) is 5.92 Å². The summed E-state index contributed by atoms with van der Waals surface area (Å²) >= 11 is 0. The zero-order chi connectivity index (χ0) is 20.8. The minimum Gasteiger partial charge on any atom is -0.455 e. The van der Waals surface area contributed by atoms with Gasteiger partial charge in [0.2, 0.25) is 0 Å². The summed E-state index contributed by atoms with van der Waals surface area (Å²) in [6.07, 6.45) is 0. The third-order valence-electron chi connectivity index (χ3n) is 4.79. The number of carbonyl (C=O) groups is 2. The number of esters is 1. The lowest BCUT2D eigenvalue weighted by Crippen LogP contribution is -2.25. The van der Waals surface area contributed by atoms with Gasteiger partial charge >= 0.3 is 5.97 Å². The lowest BCUT2D eigenvalue weighted by Gasteiger charge is -2.17. The van der Waals surface area contributed by atoms with Crippen LogP contribution in [0.2, 0.25) is 0 Å². The minimum absolute atomic E-state index is 0.332. The van der Waals surface area contributed by atoms with E-state index in [4.69, 9.17) is 4.74 Å². The quantitative estimate of drug-likeness (QED) is 0.611. The molecule has 1 amide bonds. The molecule has 4 nitrogen and oxygen atoms in total. The lowest BCUT2D eigenvalue weighted by atomic mass is 9.91. The van der Waals surface area contributed by atoms with Gasteiger partial charge in [0.05, 0.1) is 0 Å². The Morgan fingerprint density at radius 2 is 1.31 bits per heavy atom. The fourth-order valence-electron chi connectivity index (χ4n) is 3.53. The van der Waals surface area contributed by atoms with Crippen molar-refractivity contribution in [2.75, 3.05) is 11.9 Å². The topological polar surface area (TPSA) is 55.4 Å². The molecule has 3 rings (SSSR count). The van der Waals surface area contributed by atoms with Crippen LogP contribution >= 0.6 is 0 Å². The fourth-order valence-corrected chi connectivity index (χ4v) is 3.53. The highest BCUT2D eigenvalue weighted by atomic mass is 16.5. The summed E-state index contributed by atoms with van der Waals surface area (Å²) in [6.45, 7) is 5.58. The van der Waals surface area contributed by atoms with Crippen LogP contribution in [0.3, 0.4) is 0 Å². The van der Waals surface area contributed by atoms with E-state index in [1.165, 1.54) is 0 Å². The number of anilines is 1. The molecule has 0 saturated carbocycles. The van der Waals surface area contributed by atoms with Gasteiger partial charge in [-0.05, 0) is 43.0 Å². The predicted molar refractivity (Wildman–Crippen MR) is 115 cm³/mol. The van der Waals surface area contributed by atoms with Crippen LogP contribution in [-0.2, 0) is 14.3 Å². The van der Waals surface area contributed by atoms with Crippen molar-refractivity contribution in [1.29, 1.82) is 0 Å². The first-order valence-electron chi connectivity index (χ1n) is 9.60. The molecule has 1 N–H and O–H groups in total. The maximum atomic E-state index is 12.9. The van der Waals surface area contributed by atoms with Gasteiger partial charge in [0, 0.05) is 5.69 Å². The van der Waals surface area contributed by atoms with Crippen LogP contribution in [0.25, 0.3) is 0 Å². The molecular weight excluding hydrogens is 362 g/mol. The molecule has 0 unspecified atom stereocenters. The largest absolute Gasteiger partial charge is 0.455 e. The summed E-state index contributed by atoms with van der Waals surface area (Å²) in [6, 6.07) is 22.9. The number of nitrogens with one attached hydrogen (secondary N) is 1. The second kappa shape index (κ2) is 9.20. The van der Waals surface area contributed by atoms with Crippen LogP contribution < -0.4 is 5.32 Å². The molecule has 3 aromatic rings. The molecule has 148 valence electrons. The number of amides is 1. The Bertz CT molecular complexity index is 935. The second-order valence-corrected chi connectivity index (χ2v) is 7.18. The van der Waals surface area contributed by atoms with E-state index in [9.17, 15) is 9.59 Å². The van der Waals surface area contributed by atoms with Gasteiger partial charge in [-0.2, -0.15) is 0 Å². The third-order valence-corrected chi connectivity index (χ3v) is 4.79. The minimum atomic E-state index is -0.576. The Morgan fingerprint density at radius 3 is 1.79 bits per heavy atom. The number of aryl methyl sites for hydroxylation is 3. The summed E-state index contributed by atoms with van der Waals surface area (Å²) in [4.78, 5) is 25.3. The van der Waals surface area contributed by atoms with E-state index < -0.39 is 11.9 Å². The average molecular weight is 387 g/mol. The molecule has 29 heavy (non-hydrogen) atoms. The van der Waals surface area contributed by atoms with E-state index in [-0.39, 0.29) is 12.5 Å². The molecule has 0 atom stereocenters. The van der Waals surface area contributed by atoms with Crippen molar-refractivity contribution >= 4 is 17.6 Å². The van der Waals surface area contributed by atoms with Crippen LogP contribution in [0, 0.1) is 20.8 Å². The average Bonchev–Trinajstić information content (AvgIpc) is 2.71. The van der Waals surface area contributed by atoms with E-state index in [1.54, 1.807) is 0 Å². The Hall–Kier alpha value is -3.40. The van der Waals surface area contributed by atoms with Crippen LogP contribution in [0.4, 0.5) is 5.69 Å². The summed E-state index contributed by atoms with van der Waals surface area (Å²) in [7, 11) is 0. The Kier molecular flexibility index (Phi) is 6.45. The standard InChI is InChI=1S/C25H25NO3/c1-17-14-18(2)24(19(3)15-17)26-22(27)16-29-25(28)23(20-10-6-4-7-11-20)21-12-8-5-9-13-21/h4-15,23H,16H2,1-3H3,(H,26,27). The number of ether oxygens (including phenoxy) is 1. The number of rotatable bonds is 6. The first-order chi connectivity index (χ1) is 14.0. The number of carbonyl (C=O) groups excluding carboxylic acids is 2. The van der Waals surface area contributed by atoms with Crippen LogP contribution in [0.15, 0.2) is 72.8 Å². The van der Waals surface area contributed by atoms with Crippen molar-refractivity contribution in [3.05, 3.63) is 101 Å². The fraction of sp³-hybridized carbons (Fsp3) is 0.200. The van der Waals surface area contributed by atoms with Gasteiger partial charge in [-0.3, -0.25) is 9.59 Å². The third kappa shape index (κ3) is 5.11. The number of hydrogen-bond donors (Lipinski definition) is 1. The first kappa shape index (κ1) is 20.3. The maximum absolute atomic E-state index is 12.9. The van der Waals surface area contributed by atoms with Crippen molar-refractivity contribution < 1.29 is 14.3 Å². The Balaban J connectivity index is 1.71. The smallest absolute Gasteiger partial charge is 0.318 e. The van der Waals surface area contributed by atoms with Crippen LogP contribution in [-0.4, -0.2) is 18.5 Å². The predicted octanol–water partition coefficient (Wildman–Crippen LogP) is 4.93. The Labute approximate surface area is 171 Å².